The highest BCUT2D eigenvalue weighted by Gasteiger charge is 2.34. The van der Waals surface area contributed by atoms with Gasteiger partial charge < -0.3 is 14.8 Å². The van der Waals surface area contributed by atoms with Crippen LogP contribution in [0.4, 0.5) is 40.8 Å². The van der Waals surface area contributed by atoms with Crippen molar-refractivity contribution < 1.29 is 49.4 Å². The van der Waals surface area contributed by atoms with E-state index < -0.39 is 57.9 Å². The average Bonchev–Trinajstić information content (AvgIpc) is 2.71. The number of hydrogen-bond donors (Lipinski definition) is 1. The third-order valence-electron chi connectivity index (χ3n) is 3.94. The number of amides is 1. The van der Waals surface area contributed by atoms with Crippen molar-refractivity contribution in [2.75, 3.05) is 5.32 Å². The molecule has 0 bridgehead atoms. The predicted octanol–water partition coefficient (Wildman–Crippen LogP) is 6.98. The molecule has 34 heavy (non-hydrogen) atoms. The summed E-state index contributed by atoms with van der Waals surface area (Å²) in [5, 5.41) is 1.62. The maximum absolute atomic E-state index is 13.4. The van der Waals surface area contributed by atoms with Crippen molar-refractivity contribution in [2.24, 2.45) is 0 Å². The fourth-order valence-corrected chi connectivity index (χ4v) is 2.70. The van der Waals surface area contributed by atoms with E-state index >= 15 is 0 Å². The summed E-state index contributed by atoms with van der Waals surface area (Å²) in [6, 6.07) is 5.03. The number of halogens is 9. The van der Waals surface area contributed by atoms with Gasteiger partial charge in [-0.2, -0.15) is 13.2 Å². The van der Waals surface area contributed by atoms with E-state index in [1.807, 2.05) is 0 Å². The van der Waals surface area contributed by atoms with Gasteiger partial charge in [-0.05, 0) is 30.3 Å². The molecule has 14 heteroatoms. The zero-order valence-corrected chi connectivity index (χ0v) is 16.9. The Morgan fingerprint density at radius 1 is 0.941 bits per heavy atom. The number of alkyl halides is 6. The number of anilines is 1. The van der Waals surface area contributed by atoms with Crippen molar-refractivity contribution in [2.45, 2.75) is 12.5 Å². The summed E-state index contributed by atoms with van der Waals surface area (Å²) in [5.74, 6) is -5.58. The molecule has 180 valence electrons. The average molecular weight is 513 g/mol. The van der Waals surface area contributed by atoms with E-state index in [0.29, 0.717) is 24.4 Å². The molecule has 0 radical (unpaired) electrons. The second-order valence-electron chi connectivity index (χ2n) is 6.40. The first-order chi connectivity index (χ1) is 15.7. The van der Waals surface area contributed by atoms with Crippen molar-refractivity contribution >= 4 is 23.2 Å². The zero-order chi connectivity index (χ0) is 25.3. The first kappa shape index (κ1) is 25.0. The summed E-state index contributed by atoms with van der Waals surface area (Å²) in [6.45, 7) is 0. The molecule has 1 amide bonds. The summed E-state index contributed by atoms with van der Waals surface area (Å²) in [6.07, 6.45) is -9.57. The number of pyridine rings is 1. The number of carbonyl (C=O) groups is 1. The number of hydrogen-bond acceptors (Lipinski definition) is 4. The Bertz CT molecular complexity index is 1230. The van der Waals surface area contributed by atoms with Crippen LogP contribution < -0.4 is 14.8 Å². The molecule has 3 rings (SSSR count). The van der Waals surface area contributed by atoms with Crippen molar-refractivity contribution in [3.8, 4) is 17.4 Å². The van der Waals surface area contributed by atoms with Gasteiger partial charge in [-0.25, -0.2) is 13.8 Å². The zero-order valence-electron chi connectivity index (χ0n) is 16.2. The van der Waals surface area contributed by atoms with E-state index in [4.69, 9.17) is 16.3 Å². The van der Waals surface area contributed by atoms with Gasteiger partial charge in [-0.1, -0.05) is 11.6 Å². The summed E-state index contributed by atoms with van der Waals surface area (Å²) in [5.41, 5.74) is -2.42. The lowest BCUT2D eigenvalue weighted by molar-refractivity contribution is -0.274. The normalized spacial score (nSPS) is 11.8. The van der Waals surface area contributed by atoms with Crippen molar-refractivity contribution in [1.82, 2.24) is 4.98 Å². The molecule has 1 heterocycles. The largest absolute Gasteiger partial charge is 0.573 e. The molecular weight excluding hydrogens is 504 g/mol. The predicted molar refractivity (Wildman–Crippen MR) is 102 cm³/mol. The van der Waals surface area contributed by atoms with Crippen LogP contribution in [-0.4, -0.2) is 17.3 Å². The molecule has 0 unspecified atom stereocenters. The molecule has 1 aromatic heterocycles. The molecule has 0 aliphatic carbocycles. The van der Waals surface area contributed by atoms with Gasteiger partial charge in [-0.15, -0.1) is 13.2 Å². The number of benzene rings is 2. The molecule has 0 aliphatic rings. The standard InChI is InChI=1S/C20H9ClF8N2O3/c21-13-7-11(34-20(27,28)29)2-4-16(13)33-18-12(5-9(8-30-18)19(24,25)26)17(32)31-10-1-3-14(22)15(23)6-10/h1-8H,(H,31,32). The van der Waals surface area contributed by atoms with E-state index in [-0.39, 0.29) is 11.4 Å². The quantitative estimate of drug-likeness (QED) is 0.375. The first-order valence-corrected chi connectivity index (χ1v) is 9.17. The molecule has 5 nitrogen and oxygen atoms in total. The highest BCUT2D eigenvalue weighted by molar-refractivity contribution is 6.32. The summed E-state index contributed by atoms with van der Waals surface area (Å²) in [7, 11) is 0. The Balaban J connectivity index is 1.95. The van der Waals surface area contributed by atoms with Gasteiger partial charge in [0, 0.05) is 24.0 Å². The molecule has 0 atom stereocenters. The van der Waals surface area contributed by atoms with Crippen LogP contribution in [0.3, 0.4) is 0 Å². The Labute approximate surface area is 189 Å². The van der Waals surface area contributed by atoms with E-state index in [2.05, 4.69) is 15.0 Å². The number of rotatable bonds is 5. The molecule has 0 saturated heterocycles. The van der Waals surface area contributed by atoms with Crippen LogP contribution in [0.25, 0.3) is 0 Å². The highest BCUT2D eigenvalue weighted by atomic mass is 35.5. The SMILES string of the molecule is O=C(Nc1ccc(F)c(F)c1)c1cc(C(F)(F)F)cnc1Oc1ccc(OC(F)(F)F)cc1Cl. The lowest BCUT2D eigenvalue weighted by atomic mass is 10.1. The smallest absolute Gasteiger partial charge is 0.437 e. The maximum Gasteiger partial charge on any atom is 0.573 e. The fourth-order valence-electron chi connectivity index (χ4n) is 2.49. The summed E-state index contributed by atoms with van der Waals surface area (Å²) in [4.78, 5) is 16.1. The van der Waals surface area contributed by atoms with Gasteiger partial charge in [0.2, 0.25) is 5.88 Å². The lowest BCUT2D eigenvalue weighted by Gasteiger charge is -2.15. The summed E-state index contributed by atoms with van der Waals surface area (Å²) < 4.78 is 112. The van der Waals surface area contributed by atoms with Crippen molar-refractivity contribution in [3.63, 3.8) is 0 Å². The van der Waals surface area contributed by atoms with Crippen molar-refractivity contribution in [1.29, 1.82) is 0 Å². The molecule has 0 fully saturated rings. The molecule has 0 spiro atoms. The third-order valence-corrected chi connectivity index (χ3v) is 4.24. The monoisotopic (exact) mass is 512 g/mol. The number of nitrogens with zero attached hydrogens (tertiary/aromatic N) is 1. The fraction of sp³-hybridized carbons (Fsp3) is 0.100. The molecule has 0 aliphatic heterocycles. The van der Waals surface area contributed by atoms with Gasteiger partial charge in [0.15, 0.2) is 11.6 Å². The second kappa shape index (κ2) is 9.33. The Hall–Kier alpha value is -3.61. The van der Waals surface area contributed by atoms with Gasteiger partial charge >= 0.3 is 12.5 Å². The maximum atomic E-state index is 13.4. The minimum Gasteiger partial charge on any atom is -0.437 e. The van der Waals surface area contributed by atoms with Crippen LogP contribution in [0.1, 0.15) is 15.9 Å². The van der Waals surface area contributed by atoms with E-state index in [1.54, 1.807) is 0 Å². The number of carbonyl (C=O) groups excluding carboxylic acids is 1. The molecule has 2 aromatic carbocycles. The van der Waals surface area contributed by atoms with Crippen LogP contribution in [0, 0.1) is 11.6 Å². The van der Waals surface area contributed by atoms with Crippen LogP contribution in [0.15, 0.2) is 48.7 Å². The topological polar surface area (TPSA) is 60.5 Å². The van der Waals surface area contributed by atoms with E-state index in [9.17, 15) is 39.9 Å². The van der Waals surface area contributed by atoms with Crippen molar-refractivity contribution in [3.05, 3.63) is 76.4 Å². The van der Waals surface area contributed by atoms with Gasteiger partial charge in [0.05, 0.1) is 10.6 Å². The van der Waals surface area contributed by atoms with E-state index in [1.165, 1.54) is 0 Å². The lowest BCUT2D eigenvalue weighted by Crippen LogP contribution is -2.17. The minimum absolute atomic E-state index is 0.293. The van der Waals surface area contributed by atoms with Crippen LogP contribution in [0.2, 0.25) is 5.02 Å². The van der Waals surface area contributed by atoms with Gasteiger partial charge in [0.25, 0.3) is 5.91 Å². The first-order valence-electron chi connectivity index (χ1n) is 8.80. The minimum atomic E-state index is -5.01. The highest BCUT2D eigenvalue weighted by Crippen LogP contribution is 2.37. The molecule has 0 saturated carbocycles. The van der Waals surface area contributed by atoms with E-state index in [0.717, 1.165) is 24.3 Å². The number of aromatic nitrogens is 1. The van der Waals surface area contributed by atoms with Crippen LogP contribution >= 0.6 is 11.6 Å². The number of ether oxygens (including phenoxy) is 2. The third kappa shape index (κ3) is 6.25. The van der Waals surface area contributed by atoms with Gasteiger partial charge in [-0.3, -0.25) is 4.79 Å². The molecule has 1 N–H and O–H groups in total. The Kier molecular flexibility index (Phi) is 6.87. The second-order valence-corrected chi connectivity index (χ2v) is 6.81. The molecule has 3 aromatic rings. The molecular formula is C20H9ClF8N2O3. The Morgan fingerprint density at radius 2 is 1.65 bits per heavy atom. The number of nitrogens with one attached hydrogen (secondary N) is 1. The Morgan fingerprint density at radius 3 is 2.24 bits per heavy atom. The summed E-state index contributed by atoms with van der Waals surface area (Å²) >= 11 is 5.85. The van der Waals surface area contributed by atoms with Gasteiger partial charge in [0.1, 0.15) is 17.1 Å². The van der Waals surface area contributed by atoms with Crippen LogP contribution in [-0.2, 0) is 6.18 Å². The van der Waals surface area contributed by atoms with Crippen LogP contribution in [0.5, 0.6) is 17.4 Å².